The highest BCUT2D eigenvalue weighted by Crippen LogP contribution is 2.42. The maximum Gasteiger partial charge on any atom is 0.325 e. The molecule has 1 saturated heterocycles. The molecule has 124 valence electrons. The van der Waals surface area contributed by atoms with E-state index in [1.807, 2.05) is 0 Å². The lowest BCUT2D eigenvalue weighted by Gasteiger charge is -2.20. The lowest BCUT2D eigenvalue weighted by Crippen LogP contribution is -2.46. The molecule has 3 amide bonds. The van der Waals surface area contributed by atoms with Gasteiger partial charge in [0.25, 0.3) is 5.91 Å². The molecule has 2 aliphatic rings. The minimum absolute atomic E-state index is 0.0411. The van der Waals surface area contributed by atoms with Gasteiger partial charge in [-0.1, -0.05) is 28.9 Å². The Morgan fingerprint density at radius 1 is 1.42 bits per heavy atom. The molecule has 7 nitrogen and oxygen atoms in total. The first-order valence-corrected chi connectivity index (χ1v) is 8.08. The highest BCUT2D eigenvalue weighted by molar-refractivity contribution is 6.30. The van der Waals surface area contributed by atoms with Crippen LogP contribution >= 0.6 is 11.6 Å². The topological polar surface area (TPSA) is 88.3 Å². The number of nitrogens with one attached hydrogen (secondary N) is 1. The van der Waals surface area contributed by atoms with Crippen molar-refractivity contribution in [2.45, 2.75) is 31.8 Å². The summed E-state index contributed by atoms with van der Waals surface area (Å²) < 4.78 is 5.18. The van der Waals surface area contributed by atoms with Gasteiger partial charge in [0, 0.05) is 10.6 Å². The Bertz CT molecular complexity index is 832. The average molecular weight is 347 g/mol. The first kappa shape index (κ1) is 15.1. The van der Waals surface area contributed by atoms with E-state index in [1.54, 1.807) is 31.2 Å². The smallest absolute Gasteiger partial charge is 0.325 e. The Morgan fingerprint density at radius 3 is 2.92 bits per heavy atom. The van der Waals surface area contributed by atoms with E-state index in [0.29, 0.717) is 16.4 Å². The van der Waals surface area contributed by atoms with E-state index < -0.39 is 11.6 Å². The number of halogens is 1. The van der Waals surface area contributed by atoms with Gasteiger partial charge in [0.2, 0.25) is 11.7 Å². The number of carbonyl (C=O) groups is 2. The van der Waals surface area contributed by atoms with Crippen molar-refractivity contribution in [1.82, 2.24) is 20.4 Å². The summed E-state index contributed by atoms with van der Waals surface area (Å²) in [5.41, 5.74) is -0.107. The first-order valence-electron chi connectivity index (χ1n) is 7.70. The summed E-state index contributed by atoms with van der Waals surface area (Å²) in [6, 6.07) is 6.63. The van der Waals surface area contributed by atoms with Crippen LogP contribution in [0, 0.1) is 5.92 Å². The molecule has 1 N–H and O–H groups in total. The number of imide groups is 1. The predicted molar refractivity (Wildman–Crippen MR) is 85.0 cm³/mol. The first-order chi connectivity index (χ1) is 11.5. The molecular formula is C16H15ClN4O3. The molecule has 0 spiro atoms. The molecule has 2 heterocycles. The number of carbonyl (C=O) groups excluding carboxylic acids is 2. The molecule has 0 bridgehead atoms. The number of hydrogen-bond acceptors (Lipinski definition) is 5. The number of amides is 3. The molecule has 1 aliphatic heterocycles. The summed E-state index contributed by atoms with van der Waals surface area (Å²) in [6.45, 7) is 1.73. The summed E-state index contributed by atoms with van der Waals surface area (Å²) >= 11 is 5.95. The average Bonchev–Trinajstić information content (AvgIpc) is 3.27. The van der Waals surface area contributed by atoms with E-state index in [2.05, 4.69) is 15.5 Å². The van der Waals surface area contributed by atoms with Gasteiger partial charge in [0.15, 0.2) is 0 Å². The minimum Gasteiger partial charge on any atom is -0.337 e. The third-order valence-corrected chi connectivity index (χ3v) is 4.77. The van der Waals surface area contributed by atoms with Crippen LogP contribution in [0.4, 0.5) is 4.79 Å². The van der Waals surface area contributed by atoms with E-state index in [9.17, 15) is 9.59 Å². The van der Waals surface area contributed by atoms with Gasteiger partial charge >= 0.3 is 6.03 Å². The Kier molecular flexibility index (Phi) is 3.35. The van der Waals surface area contributed by atoms with Crippen molar-refractivity contribution < 1.29 is 14.1 Å². The molecule has 24 heavy (non-hydrogen) atoms. The van der Waals surface area contributed by atoms with Crippen LogP contribution in [0.3, 0.4) is 0 Å². The van der Waals surface area contributed by atoms with Gasteiger partial charge in [-0.2, -0.15) is 4.98 Å². The molecular weight excluding hydrogens is 332 g/mol. The number of benzene rings is 1. The van der Waals surface area contributed by atoms with Crippen molar-refractivity contribution >= 4 is 23.5 Å². The summed E-state index contributed by atoms with van der Waals surface area (Å²) in [6.07, 6.45) is 1.91. The van der Waals surface area contributed by atoms with E-state index in [1.165, 1.54) is 0 Å². The molecule has 2 aromatic rings. The number of urea groups is 1. The predicted octanol–water partition coefficient (Wildman–Crippen LogP) is 2.61. The molecule has 0 radical (unpaired) electrons. The Balaban J connectivity index is 1.54. The van der Waals surface area contributed by atoms with Crippen molar-refractivity contribution in [2.75, 3.05) is 0 Å². The van der Waals surface area contributed by atoms with Gasteiger partial charge in [0.1, 0.15) is 12.1 Å². The maximum atomic E-state index is 12.6. The third-order valence-electron chi connectivity index (χ3n) is 4.54. The maximum absolute atomic E-state index is 12.6. The minimum atomic E-state index is -0.813. The zero-order valence-corrected chi connectivity index (χ0v) is 13.7. The van der Waals surface area contributed by atoms with Crippen molar-refractivity contribution in [3.05, 3.63) is 35.2 Å². The van der Waals surface area contributed by atoms with Crippen molar-refractivity contribution in [1.29, 1.82) is 0 Å². The fourth-order valence-corrected chi connectivity index (χ4v) is 3.19. The zero-order chi connectivity index (χ0) is 16.9. The summed E-state index contributed by atoms with van der Waals surface area (Å²) in [5, 5.41) is 7.24. The zero-order valence-electron chi connectivity index (χ0n) is 13.0. The second-order valence-corrected chi connectivity index (χ2v) is 6.76. The van der Waals surface area contributed by atoms with E-state index in [4.69, 9.17) is 16.1 Å². The number of aromatic nitrogens is 2. The van der Waals surface area contributed by atoms with Crippen LogP contribution in [0.1, 0.15) is 25.7 Å². The standard InChI is InChI=1S/C16H15ClN4O3/c1-16(10-5-6-10)14(22)21(15(23)19-16)8-12-18-13(20-24-12)9-3-2-4-11(17)7-9/h2-4,7,10H,5-6,8H2,1H3,(H,19,23). The van der Waals surface area contributed by atoms with Crippen LogP contribution in [-0.4, -0.2) is 32.5 Å². The van der Waals surface area contributed by atoms with Gasteiger partial charge in [-0.15, -0.1) is 0 Å². The normalized spacial score (nSPS) is 23.7. The largest absolute Gasteiger partial charge is 0.337 e. The highest BCUT2D eigenvalue weighted by atomic mass is 35.5. The van der Waals surface area contributed by atoms with Crippen LogP contribution < -0.4 is 5.32 Å². The van der Waals surface area contributed by atoms with E-state index >= 15 is 0 Å². The quantitative estimate of drug-likeness (QED) is 0.860. The van der Waals surface area contributed by atoms with Gasteiger partial charge in [-0.3, -0.25) is 9.69 Å². The lowest BCUT2D eigenvalue weighted by atomic mass is 9.96. The molecule has 1 aliphatic carbocycles. The van der Waals surface area contributed by atoms with Gasteiger partial charge in [-0.25, -0.2) is 4.79 Å². The molecule has 4 rings (SSSR count). The van der Waals surface area contributed by atoms with Crippen LogP contribution in [0.2, 0.25) is 5.02 Å². The van der Waals surface area contributed by atoms with Gasteiger partial charge in [-0.05, 0) is 37.8 Å². The third kappa shape index (κ3) is 2.45. The van der Waals surface area contributed by atoms with Crippen molar-refractivity contribution in [2.24, 2.45) is 5.92 Å². The van der Waals surface area contributed by atoms with Crippen LogP contribution in [-0.2, 0) is 11.3 Å². The molecule has 8 heteroatoms. The SMILES string of the molecule is CC1(C2CC2)NC(=O)N(Cc2nc(-c3cccc(Cl)c3)no2)C1=O. The second kappa shape index (κ2) is 5.31. The van der Waals surface area contributed by atoms with Crippen LogP contribution in [0.5, 0.6) is 0 Å². The van der Waals surface area contributed by atoms with Gasteiger partial charge < -0.3 is 9.84 Å². The molecule has 1 aromatic carbocycles. The number of hydrogen-bond donors (Lipinski definition) is 1. The highest BCUT2D eigenvalue weighted by Gasteiger charge is 2.56. The molecule has 1 saturated carbocycles. The monoisotopic (exact) mass is 346 g/mol. The van der Waals surface area contributed by atoms with Crippen molar-refractivity contribution in [3.63, 3.8) is 0 Å². The van der Waals surface area contributed by atoms with Crippen LogP contribution in [0.25, 0.3) is 11.4 Å². The Hall–Kier alpha value is -2.41. The number of rotatable bonds is 4. The molecule has 1 aromatic heterocycles. The molecule has 2 fully saturated rings. The Labute approximate surface area is 143 Å². The second-order valence-electron chi connectivity index (χ2n) is 6.32. The fraction of sp³-hybridized carbons (Fsp3) is 0.375. The molecule has 1 unspecified atom stereocenters. The fourth-order valence-electron chi connectivity index (χ4n) is 3.00. The summed E-state index contributed by atoms with van der Waals surface area (Å²) in [5.74, 6) is 0.541. The molecule has 1 atom stereocenters. The summed E-state index contributed by atoms with van der Waals surface area (Å²) in [4.78, 5) is 30.1. The van der Waals surface area contributed by atoms with E-state index in [-0.39, 0.29) is 24.3 Å². The lowest BCUT2D eigenvalue weighted by molar-refractivity contribution is -0.132. The number of nitrogens with zero attached hydrogens (tertiary/aromatic N) is 3. The van der Waals surface area contributed by atoms with E-state index in [0.717, 1.165) is 17.7 Å². The Morgan fingerprint density at radius 2 is 2.21 bits per heavy atom. The van der Waals surface area contributed by atoms with Crippen LogP contribution in [0.15, 0.2) is 28.8 Å². The summed E-state index contributed by atoms with van der Waals surface area (Å²) in [7, 11) is 0. The van der Waals surface area contributed by atoms with Gasteiger partial charge in [0.05, 0.1) is 0 Å². The van der Waals surface area contributed by atoms with Crippen molar-refractivity contribution in [3.8, 4) is 11.4 Å².